The fourth-order valence-corrected chi connectivity index (χ4v) is 1.89. The Hall–Kier alpha value is -0.790. The van der Waals surface area contributed by atoms with Gasteiger partial charge in [-0.3, -0.25) is 0 Å². The molecule has 0 aliphatic carbocycles. The Labute approximate surface area is 99.9 Å². The second-order valence-corrected chi connectivity index (χ2v) is 5.48. The Morgan fingerprint density at radius 3 is 2.62 bits per heavy atom. The smallest absolute Gasteiger partial charge is 0.111 e. The lowest BCUT2D eigenvalue weighted by molar-refractivity contribution is 0.434. The molecule has 1 rings (SSSR count). The zero-order valence-electron chi connectivity index (χ0n) is 11.4. The minimum Gasteiger partial charge on any atom is -0.345 e. The van der Waals surface area contributed by atoms with E-state index in [-0.39, 0.29) is 5.41 Å². The van der Waals surface area contributed by atoms with E-state index >= 15 is 0 Å². The summed E-state index contributed by atoms with van der Waals surface area (Å²) < 4.78 is 0. The molecule has 16 heavy (non-hydrogen) atoms. The average Bonchev–Trinajstić information content (AvgIpc) is 2.75. The lowest BCUT2D eigenvalue weighted by Gasteiger charge is -2.21. The van der Waals surface area contributed by atoms with Crippen molar-refractivity contribution in [2.24, 2.45) is 0 Å². The molecular weight excluding hydrogens is 196 g/mol. The van der Waals surface area contributed by atoms with Crippen molar-refractivity contribution in [2.75, 3.05) is 0 Å². The van der Waals surface area contributed by atoms with Crippen LogP contribution in [0.5, 0.6) is 0 Å². The van der Waals surface area contributed by atoms with E-state index in [0.717, 1.165) is 12.2 Å². The van der Waals surface area contributed by atoms with Crippen molar-refractivity contribution >= 4 is 0 Å². The van der Waals surface area contributed by atoms with Crippen LogP contribution in [0.15, 0.2) is 6.20 Å². The first kappa shape index (κ1) is 13.3. The number of H-pyrrole nitrogens is 1. The number of rotatable bonds is 6. The second-order valence-electron chi connectivity index (χ2n) is 5.48. The zero-order chi connectivity index (χ0) is 12.2. The number of nitrogens with one attached hydrogen (secondary N) is 1. The number of nitrogens with zero attached hydrogens (tertiary/aromatic N) is 1. The van der Waals surface area contributed by atoms with Gasteiger partial charge in [0.25, 0.3) is 0 Å². The van der Waals surface area contributed by atoms with Gasteiger partial charge in [0.1, 0.15) is 5.82 Å². The molecule has 1 unspecified atom stereocenters. The van der Waals surface area contributed by atoms with Crippen LogP contribution in [0.2, 0.25) is 0 Å². The van der Waals surface area contributed by atoms with Crippen molar-refractivity contribution in [3.8, 4) is 0 Å². The van der Waals surface area contributed by atoms with Crippen molar-refractivity contribution in [2.45, 2.75) is 71.6 Å². The molecule has 0 saturated carbocycles. The van der Waals surface area contributed by atoms with Crippen molar-refractivity contribution in [1.82, 2.24) is 9.97 Å². The lowest BCUT2D eigenvalue weighted by atomic mass is 9.86. The molecule has 1 heterocycles. The number of aromatic nitrogens is 2. The van der Waals surface area contributed by atoms with E-state index in [1.54, 1.807) is 0 Å². The van der Waals surface area contributed by atoms with Crippen LogP contribution in [0.4, 0.5) is 0 Å². The molecule has 1 atom stereocenters. The zero-order valence-corrected chi connectivity index (χ0v) is 11.4. The minimum atomic E-state index is 0.182. The lowest BCUT2D eigenvalue weighted by Crippen LogP contribution is -2.19. The molecule has 1 N–H and O–H groups in total. The Bertz CT molecular complexity index is 312. The summed E-state index contributed by atoms with van der Waals surface area (Å²) in [6, 6.07) is 0. The largest absolute Gasteiger partial charge is 0.345 e. The predicted molar refractivity (Wildman–Crippen MR) is 69.8 cm³/mol. The standard InChI is InChI=1S/C14H26N2/c1-6-8-9-14(4,5)13-15-10-12(16-13)11(3)7-2/h10-11H,6-9H2,1-5H3,(H,15,16). The van der Waals surface area contributed by atoms with Gasteiger partial charge >= 0.3 is 0 Å². The number of aromatic amines is 1. The van der Waals surface area contributed by atoms with Gasteiger partial charge < -0.3 is 4.98 Å². The molecule has 2 nitrogen and oxygen atoms in total. The topological polar surface area (TPSA) is 28.7 Å². The monoisotopic (exact) mass is 222 g/mol. The summed E-state index contributed by atoms with van der Waals surface area (Å²) >= 11 is 0. The summed E-state index contributed by atoms with van der Waals surface area (Å²) in [5.74, 6) is 1.74. The van der Waals surface area contributed by atoms with Crippen LogP contribution in [-0.4, -0.2) is 9.97 Å². The molecule has 1 aromatic rings. The first-order chi connectivity index (χ1) is 7.51. The third kappa shape index (κ3) is 3.10. The van der Waals surface area contributed by atoms with Crippen LogP contribution in [0.1, 0.15) is 77.7 Å². The summed E-state index contributed by atoms with van der Waals surface area (Å²) in [6.07, 6.45) is 6.90. The van der Waals surface area contributed by atoms with Crippen LogP contribution in [0.3, 0.4) is 0 Å². The van der Waals surface area contributed by atoms with E-state index in [4.69, 9.17) is 0 Å². The van der Waals surface area contributed by atoms with E-state index in [1.165, 1.54) is 25.0 Å². The van der Waals surface area contributed by atoms with Crippen molar-refractivity contribution in [3.63, 3.8) is 0 Å². The number of unbranched alkanes of at least 4 members (excludes halogenated alkanes) is 1. The molecule has 0 aromatic carbocycles. The highest BCUT2D eigenvalue weighted by Gasteiger charge is 2.23. The van der Waals surface area contributed by atoms with Gasteiger partial charge in [0, 0.05) is 17.3 Å². The van der Waals surface area contributed by atoms with Crippen LogP contribution in [0.25, 0.3) is 0 Å². The molecule has 0 spiro atoms. The Morgan fingerprint density at radius 2 is 2.06 bits per heavy atom. The molecule has 0 aliphatic heterocycles. The highest BCUT2D eigenvalue weighted by molar-refractivity contribution is 5.12. The van der Waals surface area contributed by atoms with Crippen LogP contribution in [-0.2, 0) is 5.41 Å². The molecule has 0 bridgehead atoms. The number of imidazole rings is 1. The maximum atomic E-state index is 4.55. The fourth-order valence-electron chi connectivity index (χ4n) is 1.89. The SMILES string of the molecule is CCCCC(C)(C)c1ncc(C(C)CC)[nH]1. The predicted octanol–water partition coefficient (Wildman–Crippen LogP) is 4.39. The van der Waals surface area contributed by atoms with Gasteiger partial charge in [0.2, 0.25) is 0 Å². The maximum absolute atomic E-state index is 4.55. The number of hydrogen-bond donors (Lipinski definition) is 1. The molecule has 0 aliphatic rings. The van der Waals surface area contributed by atoms with Crippen LogP contribution in [0, 0.1) is 0 Å². The van der Waals surface area contributed by atoms with Crippen molar-refractivity contribution < 1.29 is 0 Å². The molecule has 2 heteroatoms. The molecule has 0 amide bonds. The van der Waals surface area contributed by atoms with E-state index in [2.05, 4.69) is 44.6 Å². The average molecular weight is 222 g/mol. The molecule has 1 aromatic heterocycles. The van der Waals surface area contributed by atoms with Gasteiger partial charge in [-0.1, -0.05) is 47.5 Å². The summed E-state index contributed by atoms with van der Waals surface area (Å²) in [4.78, 5) is 8.06. The Morgan fingerprint density at radius 1 is 1.38 bits per heavy atom. The molecule has 0 fully saturated rings. The normalized spacial score (nSPS) is 14.1. The third-order valence-electron chi connectivity index (χ3n) is 3.54. The molecular formula is C14H26N2. The van der Waals surface area contributed by atoms with Gasteiger partial charge in [-0.2, -0.15) is 0 Å². The number of hydrogen-bond acceptors (Lipinski definition) is 1. The van der Waals surface area contributed by atoms with Gasteiger partial charge in [-0.05, 0) is 18.8 Å². The van der Waals surface area contributed by atoms with Crippen LogP contribution >= 0.6 is 0 Å². The fraction of sp³-hybridized carbons (Fsp3) is 0.786. The molecule has 92 valence electrons. The van der Waals surface area contributed by atoms with E-state index < -0.39 is 0 Å². The van der Waals surface area contributed by atoms with Gasteiger partial charge in [0.05, 0.1) is 0 Å². The van der Waals surface area contributed by atoms with Gasteiger partial charge in [0.15, 0.2) is 0 Å². The van der Waals surface area contributed by atoms with E-state index in [9.17, 15) is 0 Å². The quantitative estimate of drug-likeness (QED) is 0.759. The summed E-state index contributed by atoms with van der Waals surface area (Å²) in [5, 5.41) is 0. The Balaban J connectivity index is 2.76. The molecule has 0 saturated heterocycles. The maximum Gasteiger partial charge on any atom is 0.111 e. The summed E-state index contributed by atoms with van der Waals surface area (Å²) in [7, 11) is 0. The van der Waals surface area contributed by atoms with Crippen molar-refractivity contribution in [3.05, 3.63) is 17.7 Å². The Kier molecular flexibility index (Phi) is 4.57. The first-order valence-corrected chi connectivity index (χ1v) is 6.56. The van der Waals surface area contributed by atoms with E-state index in [0.29, 0.717) is 5.92 Å². The van der Waals surface area contributed by atoms with Crippen LogP contribution < -0.4 is 0 Å². The highest BCUT2D eigenvalue weighted by Crippen LogP contribution is 2.28. The second kappa shape index (κ2) is 5.51. The third-order valence-corrected chi connectivity index (χ3v) is 3.54. The first-order valence-electron chi connectivity index (χ1n) is 6.56. The van der Waals surface area contributed by atoms with Gasteiger partial charge in [-0.15, -0.1) is 0 Å². The minimum absolute atomic E-state index is 0.182. The van der Waals surface area contributed by atoms with Gasteiger partial charge in [-0.25, -0.2) is 4.98 Å². The molecule has 0 radical (unpaired) electrons. The van der Waals surface area contributed by atoms with Crippen molar-refractivity contribution in [1.29, 1.82) is 0 Å². The summed E-state index contributed by atoms with van der Waals surface area (Å²) in [6.45, 7) is 11.3. The van der Waals surface area contributed by atoms with E-state index in [1.807, 2.05) is 6.20 Å². The summed E-state index contributed by atoms with van der Waals surface area (Å²) in [5.41, 5.74) is 1.46. The highest BCUT2D eigenvalue weighted by atomic mass is 14.9.